The minimum absolute atomic E-state index is 0.169. The summed E-state index contributed by atoms with van der Waals surface area (Å²) in [5.74, 6) is 2.01. The molecule has 0 bridgehead atoms. The number of nitrogens with zero attached hydrogens (tertiary/aromatic N) is 1. The molecule has 5 nitrogen and oxygen atoms in total. The number of methoxy groups -OCH3 is 1. The molecule has 1 amide bonds. The second-order valence-electron chi connectivity index (χ2n) is 6.83. The molecule has 33 heavy (non-hydrogen) atoms. The van der Waals surface area contributed by atoms with Crippen molar-refractivity contribution in [1.29, 1.82) is 0 Å². The minimum Gasteiger partial charge on any atom is -0.493 e. The molecule has 9 heteroatoms. The number of thioether (sulfide) groups is 1. The topological polar surface area (TPSA) is 59.9 Å². The highest BCUT2D eigenvalue weighted by Gasteiger charge is 2.12. The van der Waals surface area contributed by atoms with E-state index in [1.165, 1.54) is 11.8 Å². The van der Waals surface area contributed by atoms with Crippen LogP contribution < -0.4 is 14.9 Å². The largest absolute Gasteiger partial charge is 0.493 e. The van der Waals surface area contributed by atoms with Gasteiger partial charge in [0.15, 0.2) is 11.5 Å². The van der Waals surface area contributed by atoms with Crippen molar-refractivity contribution in [1.82, 2.24) is 5.43 Å². The Labute approximate surface area is 219 Å². The molecule has 0 unspecified atom stereocenters. The minimum atomic E-state index is -0.169. The van der Waals surface area contributed by atoms with Gasteiger partial charge in [-0.15, -0.1) is 11.8 Å². The van der Waals surface area contributed by atoms with Crippen LogP contribution in [-0.4, -0.2) is 25.0 Å². The van der Waals surface area contributed by atoms with Gasteiger partial charge in [-0.2, -0.15) is 5.10 Å². The van der Waals surface area contributed by atoms with E-state index in [0.717, 1.165) is 26.9 Å². The molecule has 0 spiro atoms. The summed E-state index contributed by atoms with van der Waals surface area (Å²) in [6.45, 7) is 0.368. The van der Waals surface area contributed by atoms with E-state index in [9.17, 15) is 4.79 Å². The molecular formula is C24H21Br2ClN2O3S. The summed E-state index contributed by atoms with van der Waals surface area (Å²) < 4.78 is 13.2. The molecule has 0 aliphatic carbocycles. The first kappa shape index (κ1) is 25.6. The smallest absolute Gasteiger partial charge is 0.250 e. The molecule has 0 heterocycles. The van der Waals surface area contributed by atoms with Crippen molar-refractivity contribution in [2.75, 3.05) is 12.9 Å². The summed E-state index contributed by atoms with van der Waals surface area (Å²) in [5.41, 5.74) is 5.44. The van der Waals surface area contributed by atoms with Crippen LogP contribution >= 0.6 is 55.2 Å². The normalized spacial score (nSPS) is 10.9. The zero-order valence-corrected chi connectivity index (χ0v) is 22.4. The molecular weight excluding hydrogens is 592 g/mol. The third-order valence-corrected chi connectivity index (χ3v) is 7.00. The SMILES string of the molecule is COc1cc(/C=N\NC(=O)CSCc2ccccc2Br)cc(Br)c1OCc1ccc(Cl)cc1. The second kappa shape index (κ2) is 13.0. The summed E-state index contributed by atoms with van der Waals surface area (Å²) in [7, 11) is 1.57. The second-order valence-corrected chi connectivity index (χ2v) is 9.96. The van der Waals surface area contributed by atoms with Crippen molar-refractivity contribution in [2.24, 2.45) is 5.10 Å². The number of carbonyl (C=O) groups excluding carboxylic acids is 1. The molecule has 1 N–H and O–H groups in total. The number of hydrazone groups is 1. The fourth-order valence-electron chi connectivity index (χ4n) is 2.77. The van der Waals surface area contributed by atoms with E-state index < -0.39 is 0 Å². The fraction of sp³-hybridized carbons (Fsp3) is 0.167. The Morgan fingerprint density at radius 1 is 1.12 bits per heavy atom. The van der Waals surface area contributed by atoms with E-state index in [4.69, 9.17) is 21.1 Å². The van der Waals surface area contributed by atoms with Crippen molar-refractivity contribution in [3.63, 3.8) is 0 Å². The highest BCUT2D eigenvalue weighted by Crippen LogP contribution is 2.37. The Kier molecular flexibility index (Phi) is 10.1. The number of hydrogen-bond acceptors (Lipinski definition) is 5. The fourth-order valence-corrected chi connectivity index (χ4v) is 4.91. The van der Waals surface area contributed by atoms with Crippen LogP contribution in [0.3, 0.4) is 0 Å². The van der Waals surface area contributed by atoms with Crippen LogP contribution in [0, 0.1) is 0 Å². The molecule has 0 atom stereocenters. The first-order valence-corrected chi connectivity index (χ1v) is 13.0. The number of nitrogens with one attached hydrogen (secondary N) is 1. The highest BCUT2D eigenvalue weighted by molar-refractivity contribution is 9.10. The van der Waals surface area contributed by atoms with Crippen LogP contribution in [0.5, 0.6) is 11.5 Å². The van der Waals surface area contributed by atoms with E-state index in [2.05, 4.69) is 42.4 Å². The van der Waals surface area contributed by atoms with Gasteiger partial charge in [0.1, 0.15) is 6.61 Å². The molecule has 0 saturated carbocycles. The number of benzene rings is 3. The number of ether oxygens (including phenoxy) is 2. The third-order valence-electron chi connectivity index (χ3n) is 4.40. The molecule has 0 radical (unpaired) electrons. The first-order valence-electron chi connectivity index (χ1n) is 9.84. The summed E-state index contributed by atoms with van der Waals surface area (Å²) in [4.78, 5) is 12.1. The molecule has 3 aromatic carbocycles. The van der Waals surface area contributed by atoms with Crippen LogP contribution in [0.25, 0.3) is 0 Å². The van der Waals surface area contributed by atoms with Crippen molar-refractivity contribution < 1.29 is 14.3 Å². The van der Waals surface area contributed by atoms with Crippen LogP contribution in [0.15, 0.2) is 74.7 Å². The van der Waals surface area contributed by atoms with E-state index in [1.807, 2.05) is 54.6 Å². The molecule has 0 aliphatic rings. The van der Waals surface area contributed by atoms with Crippen LogP contribution in [0.4, 0.5) is 0 Å². The van der Waals surface area contributed by atoms with Gasteiger partial charge in [0.2, 0.25) is 5.91 Å². The maximum Gasteiger partial charge on any atom is 0.250 e. The maximum atomic E-state index is 12.1. The first-order chi connectivity index (χ1) is 16.0. The highest BCUT2D eigenvalue weighted by atomic mass is 79.9. The van der Waals surface area contributed by atoms with Crippen LogP contribution in [0.2, 0.25) is 5.02 Å². The predicted molar refractivity (Wildman–Crippen MR) is 143 cm³/mol. The van der Waals surface area contributed by atoms with Crippen molar-refractivity contribution in [3.05, 3.63) is 91.3 Å². The zero-order chi connectivity index (χ0) is 23.6. The summed E-state index contributed by atoms with van der Waals surface area (Å²) in [5, 5.41) is 4.73. The van der Waals surface area contributed by atoms with E-state index in [1.54, 1.807) is 19.4 Å². The average Bonchev–Trinajstić information content (AvgIpc) is 2.80. The molecule has 0 saturated heterocycles. The van der Waals surface area contributed by atoms with Gasteiger partial charge in [0.25, 0.3) is 0 Å². The van der Waals surface area contributed by atoms with Gasteiger partial charge in [-0.25, -0.2) is 5.43 Å². The third kappa shape index (κ3) is 8.07. The molecule has 3 rings (SSSR count). The molecule has 0 aliphatic heterocycles. The van der Waals surface area contributed by atoms with E-state index in [0.29, 0.717) is 33.4 Å². The van der Waals surface area contributed by atoms with Gasteiger partial charge in [-0.05, 0) is 63.0 Å². The van der Waals surface area contributed by atoms with E-state index >= 15 is 0 Å². The molecule has 172 valence electrons. The number of carbonyl (C=O) groups is 1. The lowest BCUT2D eigenvalue weighted by Crippen LogP contribution is -2.19. The van der Waals surface area contributed by atoms with Crippen LogP contribution in [0.1, 0.15) is 16.7 Å². The zero-order valence-electron chi connectivity index (χ0n) is 17.7. The molecule has 0 aromatic heterocycles. The van der Waals surface area contributed by atoms with Gasteiger partial charge in [-0.1, -0.05) is 57.9 Å². The van der Waals surface area contributed by atoms with E-state index in [-0.39, 0.29) is 5.91 Å². The number of amides is 1. The standard InChI is InChI=1S/C24H21Br2ClN2O3S/c1-31-22-11-17(10-21(26)24(22)32-13-16-6-8-19(27)9-7-16)12-28-29-23(30)15-33-14-18-4-2-3-5-20(18)25/h2-12H,13-15H2,1H3,(H,29,30)/b28-12-. The number of halogens is 3. The maximum absolute atomic E-state index is 12.1. The van der Waals surface area contributed by atoms with Crippen LogP contribution in [-0.2, 0) is 17.2 Å². The van der Waals surface area contributed by atoms with Crippen molar-refractivity contribution in [3.8, 4) is 11.5 Å². The lowest BCUT2D eigenvalue weighted by Gasteiger charge is -2.13. The Hall–Kier alpha value is -2.00. The lowest BCUT2D eigenvalue weighted by atomic mass is 10.2. The molecule has 0 fully saturated rings. The van der Waals surface area contributed by atoms with Gasteiger partial charge in [0.05, 0.1) is 23.5 Å². The lowest BCUT2D eigenvalue weighted by molar-refractivity contribution is -0.118. The summed E-state index contributed by atoms with van der Waals surface area (Å²) >= 11 is 14.5. The van der Waals surface area contributed by atoms with Gasteiger partial charge in [0, 0.05) is 15.2 Å². The Bertz CT molecular complexity index is 1130. The van der Waals surface area contributed by atoms with Gasteiger partial charge < -0.3 is 9.47 Å². The number of rotatable bonds is 10. The van der Waals surface area contributed by atoms with Gasteiger partial charge >= 0.3 is 0 Å². The Morgan fingerprint density at radius 3 is 2.61 bits per heavy atom. The predicted octanol–water partition coefficient (Wildman–Crippen LogP) is 6.84. The molecule has 3 aromatic rings. The monoisotopic (exact) mass is 610 g/mol. The van der Waals surface area contributed by atoms with Crippen molar-refractivity contribution in [2.45, 2.75) is 12.4 Å². The number of hydrogen-bond donors (Lipinski definition) is 1. The van der Waals surface area contributed by atoms with Crippen molar-refractivity contribution >= 4 is 67.3 Å². The van der Waals surface area contributed by atoms with Gasteiger partial charge in [-0.3, -0.25) is 4.79 Å². The Morgan fingerprint density at radius 2 is 1.88 bits per heavy atom. The summed E-state index contributed by atoms with van der Waals surface area (Å²) in [6.07, 6.45) is 1.56. The summed E-state index contributed by atoms with van der Waals surface area (Å²) in [6, 6.07) is 19.0. The average molecular weight is 613 g/mol. The Balaban J connectivity index is 1.53. The quantitative estimate of drug-likeness (QED) is 0.201.